The Labute approximate surface area is 172 Å². The predicted molar refractivity (Wildman–Crippen MR) is 109 cm³/mol. The zero-order valence-electron chi connectivity index (χ0n) is 15.8. The highest BCUT2D eigenvalue weighted by Crippen LogP contribution is 2.22. The Hall–Kier alpha value is -3.32. The third kappa shape index (κ3) is 4.75. The molecule has 0 saturated heterocycles. The van der Waals surface area contributed by atoms with Crippen molar-refractivity contribution in [2.45, 2.75) is 19.6 Å². The van der Waals surface area contributed by atoms with Gasteiger partial charge in [-0.3, -0.25) is 9.59 Å². The van der Waals surface area contributed by atoms with Crippen LogP contribution in [-0.2, 0) is 25.6 Å². The molecule has 0 aliphatic rings. The van der Waals surface area contributed by atoms with Gasteiger partial charge in [0.2, 0.25) is 0 Å². The number of aromatic nitrogens is 1. The normalized spacial score (nSPS) is 11.7. The molecule has 0 saturated carbocycles. The van der Waals surface area contributed by atoms with Crippen molar-refractivity contribution in [1.29, 1.82) is 0 Å². The fraction of sp³-hybridized carbons (Fsp3) is 0.190. The summed E-state index contributed by atoms with van der Waals surface area (Å²) in [5.41, 5.74) is 1.54. The molecule has 8 heteroatoms. The Kier molecular flexibility index (Phi) is 6.19. The van der Waals surface area contributed by atoms with Gasteiger partial charge in [-0.1, -0.05) is 35.9 Å². The van der Waals surface area contributed by atoms with E-state index < -0.39 is 23.9 Å². The van der Waals surface area contributed by atoms with Gasteiger partial charge in [0.15, 0.2) is 6.10 Å². The third-order valence-electron chi connectivity index (χ3n) is 4.26. The number of carbonyl (C=O) groups excluding carboxylic acids is 3. The smallest absolute Gasteiger partial charge is 0.340 e. The number of nitrogens with zero attached hydrogens (tertiary/aromatic N) is 1. The van der Waals surface area contributed by atoms with Crippen molar-refractivity contribution >= 4 is 46.0 Å². The van der Waals surface area contributed by atoms with Crippen molar-refractivity contribution in [3.05, 3.63) is 65.3 Å². The van der Waals surface area contributed by atoms with E-state index in [0.717, 1.165) is 0 Å². The molecule has 0 bridgehead atoms. The van der Waals surface area contributed by atoms with E-state index in [0.29, 0.717) is 27.2 Å². The quantitative estimate of drug-likeness (QED) is 0.622. The van der Waals surface area contributed by atoms with Crippen LogP contribution in [-0.4, -0.2) is 35.6 Å². The van der Waals surface area contributed by atoms with Crippen LogP contribution in [0.5, 0.6) is 0 Å². The maximum Gasteiger partial charge on any atom is 0.340 e. The molecule has 2 aromatic carbocycles. The number of hydrogen-bond donors (Lipinski definition) is 1. The number of nitrogens with one attached hydrogen (secondary N) is 1. The summed E-state index contributed by atoms with van der Waals surface area (Å²) in [6.45, 7) is 1.32. The van der Waals surface area contributed by atoms with Crippen molar-refractivity contribution < 1.29 is 23.9 Å². The van der Waals surface area contributed by atoms with E-state index in [-0.39, 0.29) is 6.54 Å². The molecule has 3 rings (SSSR count). The van der Waals surface area contributed by atoms with Crippen LogP contribution in [0.1, 0.15) is 17.3 Å². The zero-order valence-corrected chi connectivity index (χ0v) is 16.6. The number of halogens is 1. The number of hydrogen-bond acceptors (Lipinski definition) is 5. The Bertz CT molecular complexity index is 1080. The molecular formula is C21H19ClN2O5. The van der Waals surface area contributed by atoms with Gasteiger partial charge in [-0.25, -0.2) is 4.79 Å². The number of esters is 2. The topological polar surface area (TPSA) is 86.6 Å². The fourth-order valence-electron chi connectivity index (χ4n) is 2.89. The molecule has 0 fully saturated rings. The van der Waals surface area contributed by atoms with Gasteiger partial charge in [0.1, 0.15) is 6.54 Å². The predicted octanol–water partition coefficient (Wildman–Crippen LogP) is 3.65. The van der Waals surface area contributed by atoms with Crippen LogP contribution in [0.15, 0.2) is 54.7 Å². The van der Waals surface area contributed by atoms with Gasteiger partial charge < -0.3 is 19.4 Å². The molecule has 0 radical (unpaired) electrons. The molecule has 7 nitrogen and oxygen atoms in total. The van der Waals surface area contributed by atoms with Gasteiger partial charge in [0.05, 0.1) is 12.7 Å². The summed E-state index contributed by atoms with van der Waals surface area (Å²) in [6, 6.07) is 13.8. The summed E-state index contributed by atoms with van der Waals surface area (Å²) in [5.74, 6) is -1.59. The molecule has 1 aromatic heterocycles. The first-order chi connectivity index (χ1) is 13.9. The lowest BCUT2D eigenvalue weighted by Crippen LogP contribution is -2.31. The van der Waals surface area contributed by atoms with Crippen molar-refractivity contribution in [2.24, 2.45) is 0 Å². The SMILES string of the molecule is COC(=O)c1cn(CC(=O)O[C@@H](C)C(=O)Nc2cccc(Cl)c2)c2ccccc12. The second-order valence-electron chi connectivity index (χ2n) is 6.31. The fourth-order valence-corrected chi connectivity index (χ4v) is 3.08. The second kappa shape index (κ2) is 8.79. The van der Waals surface area contributed by atoms with Crippen molar-refractivity contribution in [2.75, 3.05) is 12.4 Å². The van der Waals surface area contributed by atoms with Gasteiger partial charge in [0.25, 0.3) is 5.91 Å². The minimum absolute atomic E-state index is 0.160. The second-order valence-corrected chi connectivity index (χ2v) is 6.75. The summed E-state index contributed by atoms with van der Waals surface area (Å²) in [6.07, 6.45) is 0.525. The molecule has 1 N–H and O–H groups in total. The van der Waals surface area contributed by atoms with E-state index in [9.17, 15) is 14.4 Å². The summed E-state index contributed by atoms with van der Waals surface area (Å²) >= 11 is 5.89. The van der Waals surface area contributed by atoms with Crippen LogP contribution in [0.2, 0.25) is 5.02 Å². The molecule has 29 heavy (non-hydrogen) atoms. The first-order valence-electron chi connectivity index (χ1n) is 8.81. The molecule has 0 aliphatic carbocycles. The summed E-state index contributed by atoms with van der Waals surface area (Å²) in [5, 5.41) is 3.79. The van der Waals surface area contributed by atoms with Gasteiger partial charge >= 0.3 is 11.9 Å². The van der Waals surface area contributed by atoms with E-state index in [1.54, 1.807) is 53.1 Å². The molecule has 1 heterocycles. The lowest BCUT2D eigenvalue weighted by Gasteiger charge is -2.14. The van der Waals surface area contributed by atoms with E-state index in [1.807, 2.05) is 0 Å². The number of amides is 1. The molecule has 3 aromatic rings. The van der Waals surface area contributed by atoms with E-state index in [4.69, 9.17) is 21.1 Å². The maximum atomic E-state index is 12.4. The molecule has 1 amide bonds. The molecule has 0 aliphatic heterocycles. The highest BCUT2D eigenvalue weighted by Gasteiger charge is 2.21. The standard InChI is InChI=1S/C21H19ClN2O5/c1-13(20(26)23-15-7-5-6-14(22)10-15)29-19(25)12-24-11-17(21(27)28-2)16-8-3-4-9-18(16)24/h3-11,13H,12H2,1-2H3,(H,23,26)/t13-/m0/s1. The number of para-hydroxylation sites is 1. The number of methoxy groups -OCH3 is 1. The Morgan fingerprint density at radius 3 is 2.62 bits per heavy atom. The highest BCUT2D eigenvalue weighted by molar-refractivity contribution is 6.30. The van der Waals surface area contributed by atoms with Crippen molar-refractivity contribution in [3.63, 3.8) is 0 Å². The minimum Gasteiger partial charge on any atom is -0.465 e. The summed E-state index contributed by atoms with van der Waals surface area (Å²) < 4.78 is 11.6. The minimum atomic E-state index is -1.01. The average molecular weight is 415 g/mol. The van der Waals surface area contributed by atoms with Crippen LogP contribution < -0.4 is 5.32 Å². The molecule has 1 atom stereocenters. The van der Waals surface area contributed by atoms with Gasteiger partial charge in [-0.05, 0) is 31.2 Å². The maximum absolute atomic E-state index is 12.4. The van der Waals surface area contributed by atoms with Crippen LogP contribution in [0, 0.1) is 0 Å². The number of anilines is 1. The molecule has 150 valence electrons. The van der Waals surface area contributed by atoms with Crippen LogP contribution in [0.4, 0.5) is 5.69 Å². The average Bonchev–Trinajstić information content (AvgIpc) is 3.06. The highest BCUT2D eigenvalue weighted by atomic mass is 35.5. The molecular weight excluding hydrogens is 396 g/mol. The van der Waals surface area contributed by atoms with Crippen molar-refractivity contribution in [3.8, 4) is 0 Å². The lowest BCUT2D eigenvalue weighted by molar-refractivity contribution is -0.153. The first kappa shape index (κ1) is 20.4. The number of rotatable bonds is 6. The first-order valence-corrected chi connectivity index (χ1v) is 9.19. The lowest BCUT2D eigenvalue weighted by atomic mass is 10.2. The number of benzene rings is 2. The molecule has 0 unspecified atom stereocenters. The van der Waals surface area contributed by atoms with Crippen LogP contribution in [0.3, 0.4) is 0 Å². The Balaban J connectivity index is 1.69. The summed E-state index contributed by atoms with van der Waals surface area (Å²) in [4.78, 5) is 36.6. The van der Waals surface area contributed by atoms with E-state index >= 15 is 0 Å². The monoisotopic (exact) mass is 414 g/mol. The Morgan fingerprint density at radius 1 is 1.14 bits per heavy atom. The number of fused-ring (bicyclic) bond motifs is 1. The van der Waals surface area contributed by atoms with E-state index in [1.165, 1.54) is 20.2 Å². The van der Waals surface area contributed by atoms with Crippen LogP contribution in [0.25, 0.3) is 10.9 Å². The Morgan fingerprint density at radius 2 is 1.90 bits per heavy atom. The number of ether oxygens (including phenoxy) is 2. The van der Waals surface area contributed by atoms with Crippen LogP contribution >= 0.6 is 11.6 Å². The van der Waals surface area contributed by atoms with Crippen molar-refractivity contribution in [1.82, 2.24) is 4.57 Å². The van der Waals surface area contributed by atoms with Gasteiger partial charge in [-0.2, -0.15) is 0 Å². The third-order valence-corrected chi connectivity index (χ3v) is 4.50. The largest absolute Gasteiger partial charge is 0.465 e. The van der Waals surface area contributed by atoms with E-state index in [2.05, 4.69) is 5.32 Å². The zero-order chi connectivity index (χ0) is 21.0. The number of carbonyl (C=O) groups is 3. The molecule has 0 spiro atoms. The summed E-state index contributed by atoms with van der Waals surface area (Å²) in [7, 11) is 1.29. The van der Waals surface area contributed by atoms with Gasteiger partial charge in [0, 0.05) is 27.8 Å². The van der Waals surface area contributed by atoms with Gasteiger partial charge in [-0.15, -0.1) is 0 Å².